The average molecular weight is 380 g/mol. The van der Waals surface area contributed by atoms with Gasteiger partial charge in [0.2, 0.25) is 5.91 Å². The molecule has 1 aromatic carbocycles. The first kappa shape index (κ1) is 15.8. The molecule has 0 saturated heterocycles. The second kappa shape index (κ2) is 8.00. The van der Waals surface area contributed by atoms with Crippen LogP contribution in [0, 0.1) is 9.49 Å². The molecule has 0 aliphatic carbocycles. The number of nitrogens with one attached hydrogen (secondary N) is 1. The van der Waals surface area contributed by atoms with Gasteiger partial charge < -0.3 is 5.32 Å². The van der Waals surface area contributed by atoms with Gasteiger partial charge in [0.25, 0.3) is 0 Å². The summed E-state index contributed by atoms with van der Waals surface area (Å²) in [5.74, 6) is 0.225. The fourth-order valence-corrected chi connectivity index (χ4v) is 2.80. The number of hydrogen-bond acceptors (Lipinski definition) is 1. The molecule has 1 unspecified atom stereocenters. The molecule has 2 nitrogen and oxygen atoms in total. The molecule has 0 spiro atoms. The van der Waals surface area contributed by atoms with Crippen molar-refractivity contribution in [3.63, 3.8) is 0 Å². The third-order valence-corrected chi connectivity index (χ3v) is 4.09. The lowest BCUT2D eigenvalue weighted by Gasteiger charge is -2.15. The van der Waals surface area contributed by atoms with Crippen molar-refractivity contribution in [1.29, 1.82) is 0 Å². The molecule has 1 aromatic rings. The molecule has 1 rings (SSSR count). The number of rotatable bonds is 6. The Morgan fingerprint density at radius 1 is 1.44 bits per heavy atom. The molecule has 18 heavy (non-hydrogen) atoms. The maximum atomic E-state index is 12.1. The zero-order valence-electron chi connectivity index (χ0n) is 10.8. The normalized spacial score (nSPS) is 12.2. The lowest BCUT2D eigenvalue weighted by atomic mass is 9.98. The molecule has 0 fully saturated rings. The van der Waals surface area contributed by atoms with Crippen LogP contribution in [-0.4, -0.2) is 5.91 Å². The molecule has 1 N–H and O–H groups in total. The summed E-state index contributed by atoms with van der Waals surface area (Å²) in [5, 5.41) is 3.68. The molecule has 0 bridgehead atoms. The van der Waals surface area contributed by atoms with Crippen molar-refractivity contribution in [1.82, 2.24) is 0 Å². The fraction of sp³-hybridized carbons (Fsp3) is 0.500. The molecule has 0 heterocycles. The van der Waals surface area contributed by atoms with Gasteiger partial charge in [-0.25, -0.2) is 0 Å². The number of amides is 1. The van der Waals surface area contributed by atoms with Crippen LogP contribution in [0.5, 0.6) is 0 Å². The Kier molecular flexibility index (Phi) is 7.00. The molecular formula is C14H19ClINO. The number of carbonyl (C=O) groups excluding carboxylic acids is 1. The summed E-state index contributed by atoms with van der Waals surface area (Å²) in [7, 11) is 0. The first-order chi connectivity index (χ1) is 8.58. The number of halogens is 2. The van der Waals surface area contributed by atoms with Crippen LogP contribution in [0.4, 0.5) is 5.69 Å². The molecule has 1 atom stereocenters. The highest BCUT2D eigenvalue weighted by Crippen LogP contribution is 2.24. The van der Waals surface area contributed by atoms with Gasteiger partial charge >= 0.3 is 0 Å². The van der Waals surface area contributed by atoms with Crippen LogP contribution in [0.3, 0.4) is 0 Å². The molecule has 0 saturated carbocycles. The van der Waals surface area contributed by atoms with E-state index >= 15 is 0 Å². The largest absolute Gasteiger partial charge is 0.325 e. The number of benzene rings is 1. The van der Waals surface area contributed by atoms with Crippen molar-refractivity contribution < 1.29 is 4.79 Å². The molecule has 0 aliphatic rings. The average Bonchev–Trinajstić information content (AvgIpc) is 2.34. The van der Waals surface area contributed by atoms with Crippen LogP contribution in [-0.2, 0) is 4.79 Å². The van der Waals surface area contributed by atoms with E-state index in [-0.39, 0.29) is 11.8 Å². The first-order valence-corrected chi connectivity index (χ1v) is 7.80. The third kappa shape index (κ3) is 4.76. The lowest BCUT2D eigenvalue weighted by molar-refractivity contribution is -0.120. The Labute approximate surface area is 128 Å². The van der Waals surface area contributed by atoms with E-state index in [2.05, 4.69) is 41.8 Å². The summed E-state index contributed by atoms with van der Waals surface area (Å²) in [6, 6.07) is 5.51. The number of unbranched alkanes of at least 4 members (excludes halogenated alkanes) is 1. The van der Waals surface area contributed by atoms with Crippen LogP contribution in [0.1, 0.15) is 39.5 Å². The van der Waals surface area contributed by atoms with Crippen LogP contribution in [0.2, 0.25) is 5.02 Å². The highest BCUT2D eigenvalue weighted by molar-refractivity contribution is 14.1. The maximum Gasteiger partial charge on any atom is 0.227 e. The van der Waals surface area contributed by atoms with Crippen LogP contribution >= 0.6 is 34.2 Å². The van der Waals surface area contributed by atoms with E-state index < -0.39 is 0 Å². The molecule has 100 valence electrons. The summed E-state index contributed by atoms with van der Waals surface area (Å²) in [5.41, 5.74) is 0.847. The van der Waals surface area contributed by atoms with Crippen molar-refractivity contribution >= 4 is 45.8 Å². The number of anilines is 1. The van der Waals surface area contributed by atoms with Crippen LogP contribution < -0.4 is 5.32 Å². The van der Waals surface area contributed by atoms with Gasteiger partial charge in [0.05, 0.1) is 5.69 Å². The van der Waals surface area contributed by atoms with Gasteiger partial charge in [0, 0.05) is 14.5 Å². The summed E-state index contributed by atoms with van der Waals surface area (Å²) in [6.45, 7) is 4.21. The predicted molar refractivity (Wildman–Crippen MR) is 86.1 cm³/mol. The van der Waals surface area contributed by atoms with E-state index in [0.29, 0.717) is 5.02 Å². The van der Waals surface area contributed by atoms with Gasteiger partial charge in [-0.1, -0.05) is 38.3 Å². The van der Waals surface area contributed by atoms with Crippen molar-refractivity contribution in [2.45, 2.75) is 39.5 Å². The zero-order chi connectivity index (χ0) is 13.5. The standard InChI is InChI=1S/C14H19ClINO/c1-3-5-6-10(4-2)14(18)17-13-8-7-11(15)9-12(13)16/h7-10H,3-6H2,1-2H3,(H,17,18). The van der Waals surface area contributed by atoms with E-state index in [1.165, 1.54) is 0 Å². The topological polar surface area (TPSA) is 29.1 Å². The van der Waals surface area contributed by atoms with E-state index in [9.17, 15) is 4.79 Å². The monoisotopic (exact) mass is 379 g/mol. The highest BCUT2D eigenvalue weighted by atomic mass is 127. The van der Waals surface area contributed by atoms with Gasteiger partial charge in [-0.05, 0) is 53.6 Å². The molecule has 0 radical (unpaired) electrons. The Hall–Kier alpha value is -0.290. The maximum absolute atomic E-state index is 12.1. The van der Waals surface area contributed by atoms with Gasteiger partial charge in [0.1, 0.15) is 0 Å². The van der Waals surface area contributed by atoms with Crippen molar-refractivity contribution in [3.8, 4) is 0 Å². The second-order valence-corrected chi connectivity index (χ2v) is 5.96. The summed E-state index contributed by atoms with van der Waals surface area (Å²) < 4.78 is 0.971. The highest BCUT2D eigenvalue weighted by Gasteiger charge is 2.16. The minimum Gasteiger partial charge on any atom is -0.325 e. The van der Waals surface area contributed by atoms with Gasteiger partial charge in [-0.2, -0.15) is 0 Å². The zero-order valence-corrected chi connectivity index (χ0v) is 13.7. The van der Waals surface area contributed by atoms with Crippen molar-refractivity contribution in [2.24, 2.45) is 5.92 Å². The van der Waals surface area contributed by atoms with Crippen molar-refractivity contribution in [2.75, 3.05) is 5.32 Å². The second-order valence-electron chi connectivity index (χ2n) is 4.36. The smallest absolute Gasteiger partial charge is 0.227 e. The Morgan fingerprint density at radius 2 is 2.17 bits per heavy atom. The minimum absolute atomic E-state index is 0.108. The Balaban J connectivity index is 2.67. The van der Waals surface area contributed by atoms with E-state index in [4.69, 9.17) is 11.6 Å². The summed E-state index contributed by atoms with van der Waals surface area (Å²) in [6.07, 6.45) is 4.07. The molecular weight excluding hydrogens is 361 g/mol. The van der Waals surface area contributed by atoms with E-state index in [1.807, 2.05) is 12.1 Å². The van der Waals surface area contributed by atoms with Gasteiger partial charge in [0.15, 0.2) is 0 Å². The summed E-state index contributed by atoms with van der Waals surface area (Å²) >= 11 is 8.08. The molecule has 1 amide bonds. The van der Waals surface area contributed by atoms with E-state index in [0.717, 1.165) is 34.9 Å². The van der Waals surface area contributed by atoms with Gasteiger partial charge in [-0.3, -0.25) is 4.79 Å². The fourth-order valence-electron chi connectivity index (χ4n) is 1.80. The van der Waals surface area contributed by atoms with Crippen molar-refractivity contribution in [3.05, 3.63) is 26.8 Å². The predicted octanol–water partition coefficient (Wildman–Crippen LogP) is 5.10. The molecule has 0 aliphatic heterocycles. The SMILES string of the molecule is CCCCC(CC)C(=O)Nc1ccc(Cl)cc1I. The number of hydrogen-bond donors (Lipinski definition) is 1. The molecule has 4 heteroatoms. The van der Waals surface area contributed by atoms with E-state index in [1.54, 1.807) is 6.07 Å². The quantitative estimate of drug-likeness (QED) is 0.685. The number of carbonyl (C=O) groups is 1. The first-order valence-electron chi connectivity index (χ1n) is 6.34. The molecule has 0 aromatic heterocycles. The van der Waals surface area contributed by atoms with Crippen LogP contribution in [0.15, 0.2) is 18.2 Å². The third-order valence-electron chi connectivity index (χ3n) is 2.96. The minimum atomic E-state index is 0.108. The van der Waals surface area contributed by atoms with Gasteiger partial charge in [-0.15, -0.1) is 0 Å². The Bertz CT molecular complexity index is 409. The summed E-state index contributed by atoms with van der Waals surface area (Å²) in [4.78, 5) is 12.1. The lowest BCUT2D eigenvalue weighted by Crippen LogP contribution is -2.22. The Morgan fingerprint density at radius 3 is 2.72 bits per heavy atom. The van der Waals surface area contributed by atoms with Crippen LogP contribution in [0.25, 0.3) is 0 Å².